The van der Waals surface area contributed by atoms with Gasteiger partial charge >= 0.3 is 0 Å². The largest absolute Gasteiger partial charge is 0.314 e. The molecule has 1 aliphatic rings. The summed E-state index contributed by atoms with van der Waals surface area (Å²) in [6.07, 6.45) is 7.10. The molecule has 0 amide bonds. The Morgan fingerprint density at radius 3 is 2.53 bits per heavy atom. The zero-order chi connectivity index (χ0) is 11.3. The highest BCUT2D eigenvalue weighted by atomic mass is 32.2. The maximum absolute atomic E-state index is 11.1. The summed E-state index contributed by atoms with van der Waals surface area (Å²) in [7, 11) is -2.79. The summed E-state index contributed by atoms with van der Waals surface area (Å²) in [6.45, 7) is 3.10. The van der Waals surface area contributed by atoms with Crippen LogP contribution in [0.15, 0.2) is 0 Å². The van der Waals surface area contributed by atoms with Crippen molar-refractivity contribution in [3.05, 3.63) is 0 Å². The predicted octanol–water partition coefficient (Wildman–Crippen LogP) is 1.59. The molecule has 0 spiro atoms. The normalized spacial score (nSPS) is 27.9. The summed E-state index contributed by atoms with van der Waals surface area (Å²) < 4.78 is 22.2. The van der Waals surface area contributed by atoms with Gasteiger partial charge in [-0.3, -0.25) is 0 Å². The number of nitrogens with one attached hydrogen (secondary N) is 1. The van der Waals surface area contributed by atoms with Gasteiger partial charge in [0.2, 0.25) is 0 Å². The predicted molar refractivity (Wildman–Crippen MR) is 63.8 cm³/mol. The van der Waals surface area contributed by atoms with Crippen LogP contribution in [0.5, 0.6) is 0 Å². The van der Waals surface area contributed by atoms with E-state index < -0.39 is 9.84 Å². The van der Waals surface area contributed by atoms with Crippen LogP contribution in [-0.2, 0) is 9.84 Å². The molecule has 0 saturated heterocycles. The highest BCUT2D eigenvalue weighted by Gasteiger charge is 2.24. The minimum atomic E-state index is -2.79. The van der Waals surface area contributed by atoms with Crippen LogP contribution >= 0.6 is 0 Å². The van der Waals surface area contributed by atoms with Crippen molar-refractivity contribution in [1.29, 1.82) is 0 Å². The van der Waals surface area contributed by atoms with E-state index in [2.05, 4.69) is 12.2 Å². The summed E-state index contributed by atoms with van der Waals surface area (Å²) in [6, 6.07) is 0.547. The third-order valence-electron chi connectivity index (χ3n) is 3.23. The summed E-state index contributed by atoms with van der Waals surface area (Å²) in [5.41, 5.74) is 0. The van der Waals surface area contributed by atoms with Crippen LogP contribution in [0.4, 0.5) is 0 Å². The lowest BCUT2D eigenvalue weighted by Gasteiger charge is -2.32. The maximum Gasteiger partial charge on any atom is 0.147 e. The molecule has 2 atom stereocenters. The number of sulfone groups is 1. The minimum absolute atomic E-state index is 0.347. The molecule has 0 aromatic heterocycles. The van der Waals surface area contributed by atoms with Crippen LogP contribution in [0.1, 0.15) is 39.0 Å². The van der Waals surface area contributed by atoms with Crippen molar-refractivity contribution in [2.45, 2.75) is 45.1 Å². The zero-order valence-corrected chi connectivity index (χ0v) is 10.6. The van der Waals surface area contributed by atoms with E-state index in [1.807, 2.05) is 0 Å². The lowest BCUT2D eigenvalue weighted by Crippen LogP contribution is -2.39. The van der Waals surface area contributed by atoms with Crippen molar-refractivity contribution in [3.63, 3.8) is 0 Å². The number of hydrogen-bond donors (Lipinski definition) is 1. The SMILES string of the molecule is CCNC1CCCCC1CCS(C)(=O)=O. The van der Waals surface area contributed by atoms with Crippen molar-refractivity contribution in [3.8, 4) is 0 Å². The van der Waals surface area contributed by atoms with Gasteiger partial charge in [0.15, 0.2) is 0 Å². The molecule has 0 heterocycles. The molecule has 0 aromatic carbocycles. The van der Waals surface area contributed by atoms with Crippen LogP contribution in [0.2, 0.25) is 0 Å². The molecular weight excluding hydrogens is 210 g/mol. The molecule has 1 saturated carbocycles. The maximum atomic E-state index is 11.1. The van der Waals surface area contributed by atoms with E-state index in [0.29, 0.717) is 17.7 Å². The van der Waals surface area contributed by atoms with Crippen molar-refractivity contribution < 1.29 is 8.42 Å². The Morgan fingerprint density at radius 2 is 1.93 bits per heavy atom. The third kappa shape index (κ3) is 4.98. The second kappa shape index (κ2) is 5.85. The molecule has 1 rings (SSSR count). The topological polar surface area (TPSA) is 46.2 Å². The lowest BCUT2D eigenvalue weighted by atomic mass is 9.83. The highest BCUT2D eigenvalue weighted by Crippen LogP contribution is 2.27. The Kier molecular flexibility index (Phi) is 5.06. The van der Waals surface area contributed by atoms with E-state index in [1.165, 1.54) is 31.9 Å². The molecule has 90 valence electrons. The van der Waals surface area contributed by atoms with Crippen molar-refractivity contribution in [2.24, 2.45) is 5.92 Å². The Morgan fingerprint density at radius 1 is 1.27 bits per heavy atom. The summed E-state index contributed by atoms with van der Waals surface area (Å²) in [5.74, 6) is 0.910. The average molecular weight is 233 g/mol. The first-order valence-corrected chi connectivity index (χ1v) is 8.00. The molecule has 3 nitrogen and oxygen atoms in total. The first kappa shape index (κ1) is 13.0. The van der Waals surface area contributed by atoms with Crippen LogP contribution < -0.4 is 5.32 Å². The summed E-state index contributed by atoms with van der Waals surface area (Å²) in [5, 5.41) is 3.48. The van der Waals surface area contributed by atoms with Gasteiger partial charge < -0.3 is 5.32 Å². The van der Waals surface area contributed by atoms with Gasteiger partial charge in [-0.05, 0) is 31.7 Å². The Labute approximate surface area is 93.6 Å². The van der Waals surface area contributed by atoms with E-state index in [1.54, 1.807) is 0 Å². The lowest BCUT2D eigenvalue weighted by molar-refractivity contribution is 0.260. The molecular formula is C11H23NO2S. The molecule has 1 aliphatic carbocycles. The van der Waals surface area contributed by atoms with Crippen molar-refractivity contribution in [2.75, 3.05) is 18.6 Å². The van der Waals surface area contributed by atoms with Gasteiger partial charge in [0.25, 0.3) is 0 Å². The number of hydrogen-bond acceptors (Lipinski definition) is 3. The Balaban J connectivity index is 2.42. The fourth-order valence-electron chi connectivity index (χ4n) is 2.45. The first-order chi connectivity index (χ1) is 7.03. The fourth-order valence-corrected chi connectivity index (χ4v) is 3.18. The fraction of sp³-hybridized carbons (Fsp3) is 1.00. The van der Waals surface area contributed by atoms with Crippen LogP contribution in [0.25, 0.3) is 0 Å². The van der Waals surface area contributed by atoms with E-state index in [9.17, 15) is 8.42 Å². The van der Waals surface area contributed by atoms with Crippen LogP contribution in [-0.4, -0.2) is 33.0 Å². The Hall–Kier alpha value is -0.0900. The zero-order valence-electron chi connectivity index (χ0n) is 9.83. The summed E-state index contributed by atoms with van der Waals surface area (Å²) >= 11 is 0. The summed E-state index contributed by atoms with van der Waals surface area (Å²) in [4.78, 5) is 0. The molecule has 0 radical (unpaired) electrons. The molecule has 1 N–H and O–H groups in total. The van der Waals surface area contributed by atoms with Crippen molar-refractivity contribution in [1.82, 2.24) is 5.32 Å². The molecule has 4 heteroatoms. The van der Waals surface area contributed by atoms with Crippen LogP contribution in [0, 0.1) is 5.92 Å². The third-order valence-corrected chi connectivity index (χ3v) is 4.21. The number of rotatable bonds is 5. The Bertz CT molecular complexity index is 272. The van der Waals surface area contributed by atoms with Crippen LogP contribution in [0.3, 0.4) is 0 Å². The van der Waals surface area contributed by atoms with Gasteiger partial charge in [-0.1, -0.05) is 19.8 Å². The molecule has 0 aromatic rings. The van der Waals surface area contributed by atoms with Gasteiger partial charge in [-0.25, -0.2) is 8.42 Å². The molecule has 0 bridgehead atoms. The second-order valence-electron chi connectivity index (χ2n) is 4.63. The molecule has 1 fully saturated rings. The van der Waals surface area contributed by atoms with Gasteiger partial charge in [0.1, 0.15) is 9.84 Å². The van der Waals surface area contributed by atoms with Gasteiger partial charge in [-0.2, -0.15) is 0 Å². The smallest absolute Gasteiger partial charge is 0.147 e. The van der Waals surface area contributed by atoms with Gasteiger partial charge in [0, 0.05) is 12.3 Å². The quantitative estimate of drug-likeness (QED) is 0.784. The van der Waals surface area contributed by atoms with Gasteiger partial charge in [0.05, 0.1) is 5.75 Å². The average Bonchev–Trinajstić information content (AvgIpc) is 2.16. The highest BCUT2D eigenvalue weighted by molar-refractivity contribution is 7.90. The minimum Gasteiger partial charge on any atom is -0.314 e. The second-order valence-corrected chi connectivity index (χ2v) is 6.89. The van der Waals surface area contributed by atoms with E-state index >= 15 is 0 Å². The monoisotopic (exact) mass is 233 g/mol. The first-order valence-electron chi connectivity index (χ1n) is 5.94. The van der Waals surface area contributed by atoms with E-state index in [-0.39, 0.29) is 0 Å². The standard InChI is InChI=1S/C11H23NO2S/c1-3-12-11-7-5-4-6-10(11)8-9-15(2,13)14/h10-12H,3-9H2,1-2H3. The van der Waals surface area contributed by atoms with Crippen molar-refractivity contribution >= 4 is 9.84 Å². The van der Waals surface area contributed by atoms with E-state index in [4.69, 9.17) is 0 Å². The molecule has 0 aliphatic heterocycles. The molecule has 15 heavy (non-hydrogen) atoms. The molecule has 2 unspecified atom stereocenters. The van der Waals surface area contributed by atoms with Gasteiger partial charge in [-0.15, -0.1) is 0 Å². The van der Waals surface area contributed by atoms with E-state index in [0.717, 1.165) is 13.0 Å².